The second-order valence-electron chi connectivity index (χ2n) is 5.97. The van der Waals surface area contributed by atoms with Gasteiger partial charge in [-0.25, -0.2) is 4.79 Å². The van der Waals surface area contributed by atoms with Crippen molar-refractivity contribution >= 4 is 17.0 Å². The summed E-state index contributed by atoms with van der Waals surface area (Å²) in [7, 11) is 0. The topological polar surface area (TPSA) is 58.0 Å². The van der Waals surface area contributed by atoms with E-state index in [0.717, 1.165) is 19.6 Å². The fourth-order valence-corrected chi connectivity index (χ4v) is 3.31. The van der Waals surface area contributed by atoms with Crippen LogP contribution in [-0.2, 0) is 24.2 Å². The van der Waals surface area contributed by atoms with E-state index in [2.05, 4.69) is 29.7 Å². The van der Waals surface area contributed by atoms with Gasteiger partial charge in [0.2, 0.25) is 0 Å². The number of ether oxygens (including phenoxy) is 1. The zero-order valence-electron chi connectivity index (χ0n) is 12.0. The van der Waals surface area contributed by atoms with Crippen LogP contribution in [0.2, 0.25) is 0 Å². The largest absolute Gasteiger partial charge is 0.465 e. The van der Waals surface area contributed by atoms with Crippen LogP contribution < -0.4 is 0 Å². The molecule has 110 valence electrons. The zero-order valence-corrected chi connectivity index (χ0v) is 12.0. The van der Waals surface area contributed by atoms with Crippen LogP contribution in [0.1, 0.15) is 16.8 Å². The summed E-state index contributed by atoms with van der Waals surface area (Å²) in [5.41, 5.74) is 4.86. The Morgan fingerprint density at radius 2 is 2.29 bits per heavy atom. The smallest absolute Gasteiger partial charge is 0.407 e. The third-order valence-electron chi connectivity index (χ3n) is 4.47. The van der Waals surface area contributed by atoms with Crippen molar-refractivity contribution in [3.63, 3.8) is 0 Å². The lowest BCUT2D eigenvalue weighted by atomic mass is 10.0. The van der Waals surface area contributed by atoms with E-state index in [4.69, 9.17) is 4.74 Å². The number of aromatic nitrogens is 1. The summed E-state index contributed by atoms with van der Waals surface area (Å²) in [6.45, 7) is 4.85. The fourth-order valence-electron chi connectivity index (χ4n) is 3.31. The van der Waals surface area contributed by atoms with E-state index in [0.29, 0.717) is 19.2 Å². The van der Waals surface area contributed by atoms with Gasteiger partial charge in [0, 0.05) is 35.1 Å². The highest BCUT2D eigenvalue weighted by Crippen LogP contribution is 2.33. The molecule has 21 heavy (non-hydrogen) atoms. The Bertz CT molecular complexity index is 731. The van der Waals surface area contributed by atoms with Crippen LogP contribution in [0.15, 0.2) is 18.2 Å². The minimum atomic E-state index is -0.834. The van der Waals surface area contributed by atoms with Crippen LogP contribution in [-0.4, -0.2) is 39.9 Å². The van der Waals surface area contributed by atoms with Crippen LogP contribution in [0.3, 0.4) is 0 Å². The zero-order chi connectivity index (χ0) is 14.6. The van der Waals surface area contributed by atoms with E-state index in [1.807, 2.05) is 0 Å². The molecule has 0 aliphatic carbocycles. The lowest BCUT2D eigenvalue weighted by molar-refractivity contribution is 0.139. The Kier molecular flexibility index (Phi) is 2.72. The number of aryl methyl sites for hydroxylation is 1. The standard InChI is InChI=1S/C16H18N2O3/c1-10-2-3-14-12(6-10)13-8-17(16(19)20)5-4-15(13)18(14)7-11-9-21-11/h2-3,6,11H,4-5,7-9H2,1H3,(H,19,20). The number of fused-ring (bicyclic) bond motifs is 3. The number of hydrogen-bond donors (Lipinski definition) is 1. The van der Waals surface area contributed by atoms with Crippen LogP contribution in [0, 0.1) is 6.92 Å². The van der Waals surface area contributed by atoms with Gasteiger partial charge in [0.15, 0.2) is 0 Å². The number of rotatable bonds is 2. The van der Waals surface area contributed by atoms with Gasteiger partial charge < -0.3 is 19.3 Å². The number of carbonyl (C=O) groups is 1. The Morgan fingerprint density at radius 3 is 3.00 bits per heavy atom. The van der Waals surface area contributed by atoms with Gasteiger partial charge >= 0.3 is 6.09 Å². The molecule has 1 aromatic carbocycles. The highest BCUT2D eigenvalue weighted by Gasteiger charge is 2.30. The molecular formula is C16H18N2O3. The van der Waals surface area contributed by atoms with Crippen LogP contribution in [0.4, 0.5) is 4.79 Å². The molecular weight excluding hydrogens is 268 g/mol. The van der Waals surface area contributed by atoms with E-state index in [1.54, 1.807) is 0 Å². The summed E-state index contributed by atoms with van der Waals surface area (Å²) in [6.07, 6.45) is 0.269. The van der Waals surface area contributed by atoms with Gasteiger partial charge in [-0.1, -0.05) is 11.6 Å². The lowest BCUT2D eigenvalue weighted by Gasteiger charge is -2.25. The fraction of sp³-hybridized carbons (Fsp3) is 0.438. The van der Waals surface area contributed by atoms with Crippen LogP contribution in [0.5, 0.6) is 0 Å². The molecule has 1 aromatic heterocycles. The molecule has 0 bridgehead atoms. The van der Waals surface area contributed by atoms with Crippen molar-refractivity contribution in [2.75, 3.05) is 13.2 Å². The summed E-state index contributed by atoms with van der Waals surface area (Å²) in [4.78, 5) is 12.8. The van der Waals surface area contributed by atoms with Crippen molar-refractivity contribution < 1.29 is 14.6 Å². The van der Waals surface area contributed by atoms with Crippen molar-refractivity contribution in [3.05, 3.63) is 35.0 Å². The number of carboxylic acid groups (broad SMARTS) is 1. The Labute approximate surface area is 122 Å². The molecule has 0 saturated carbocycles. The van der Waals surface area contributed by atoms with Crippen molar-refractivity contribution in [2.24, 2.45) is 0 Å². The molecule has 2 aromatic rings. The average Bonchev–Trinajstić information content (AvgIpc) is 3.23. The molecule has 1 fully saturated rings. The molecule has 1 unspecified atom stereocenters. The first-order chi connectivity index (χ1) is 10.1. The number of hydrogen-bond acceptors (Lipinski definition) is 2. The minimum absolute atomic E-state index is 0.323. The Balaban J connectivity index is 1.87. The Morgan fingerprint density at radius 1 is 1.48 bits per heavy atom. The first-order valence-corrected chi connectivity index (χ1v) is 7.33. The maximum Gasteiger partial charge on any atom is 0.407 e. The molecule has 1 N–H and O–H groups in total. The molecule has 0 spiro atoms. The second kappa shape index (κ2) is 4.49. The monoisotopic (exact) mass is 286 g/mol. The molecule has 2 aliphatic heterocycles. The lowest BCUT2D eigenvalue weighted by Crippen LogP contribution is -2.35. The molecule has 5 heteroatoms. The van der Waals surface area contributed by atoms with E-state index < -0.39 is 6.09 Å². The van der Waals surface area contributed by atoms with Crippen molar-refractivity contribution in [1.82, 2.24) is 9.47 Å². The van der Waals surface area contributed by atoms with Gasteiger partial charge in [-0.3, -0.25) is 0 Å². The van der Waals surface area contributed by atoms with Crippen LogP contribution in [0.25, 0.3) is 10.9 Å². The Hall–Kier alpha value is -2.01. The van der Waals surface area contributed by atoms with E-state index >= 15 is 0 Å². The predicted octanol–water partition coefficient (Wildman–Crippen LogP) is 2.38. The predicted molar refractivity (Wildman–Crippen MR) is 78.6 cm³/mol. The third-order valence-corrected chi connectivity index (χ3v) is 4.47. The van der Waals surface area contributed by atoms with E-state index in [1.165, 1.54) is 32.6 Å². The molecule has 1 atom stereocenters. The van der Waals surface area contributed by atoms with Gasteiger partial charge in [0.25, 0.3) is 0 Å². The molecule has 4 rings (SSSR count). The molecule has 0 radical (unpaired) electrons. The molecule has 1 amide bonds. The van der Waals surface area contributed by atoms with Crippen LogP contribution >= 0.6 is 0 Å². The maximum absolute atomic E-state index is 11.3. The van der Waals surface area contributed by atoms with Crippen molar-refractivity contribution in [3.8, 4) is 0 Å². The summed E-state index contributed by atoms with van der Waals surface area (Å²) < 4.78 is 7.71. The summed E-state index contributed by atoms with van der Waals surface area (Å²) >= 11 is 0. The number of nitrogens with zero attached hydrogens (tertiary/aromatic N) is 2. The van der Waals surface area contributed by atoms with Crippen molar-refractivity contribution in [1.29, 1.82) is 0 Å². The first-order valence-electron chi connectivity index (χ1n) is 7.33. The minimum Gasteiger partial charge on any atom is -0.465 e. The quantitative estimate of drug-likeness (QED) is 0.862. The average molecular weight is 286 g/mol. The second-order valence-corrected chi connectivity index (χ2v) is 5.97. The normalized spacial score (nSPS) is 20.6. The van der Waals surface area contributed by atoms with E-state index in [9.17, 15) is 9.90 Å². The molecule has 2 aliphatic rings. The molecule has 3 heterocycles. The maximum atomic E-state index is 11.3. The third kappa shape index (κ3) is 2.08. The van der Waals surface area contributed by atoms with Gasteiger partial charge in [0.05, 0.1) is 25.8 Å². The molecule has 1 saturated heterocycles. The summed E-state index contributed by atoms with van der Waals surface area (Å²) in [6, 6.07) is 6.44. The van der Waals surface area contributed by atoms with Crippen molar-refractivity contribution in [2.45, 2.75) is 32.5 Å². The highest BCUT2D eigenvalue weighted by molar-refractivity contribution is 5.87. The van der Waals surface area contributed by atoms with Gasteiger partial charge in [-0.2, -0.15) is 0 Å². The number of epoxide rings is 1. The summed E-state index contributed by atoms with van der Waals surface area (Å²) in [5.74, 6) is 0. The van der Waals surface area contributed by atoms with Gasteiger partial charge in [-0.05, 0) is 19.1 Å². The summed E-state index contributed by atoms with van der Waals surface area (Å²) in [5, 5.41) is 10.4. The van der Waals surface area contributed by atoms with Gasteiger partial charge in [0.1, 0.15) is 0 Å². The highest BCUT2D eigenvalue weighted by atomic mass is 16.6. The number of benzene rings is 1. The molecule has 5 nitrogen and oxygen atoms in total. The van der Waals surface area contributed by atoms with E-state index in [-0.39, 0.29) is 0 Å². The van der Waals surface area contributed by atoms with Gasteiger partial charge in [-0.15, -0.1) is 0 Å². The number of amides is 1. The SMILES string of the molecule is Cc1ccc2c(c1)c1c(n2CC2CO2)CCN(C(=O)O)C1. The first kappa shape index (κ1) is 12.7.